The molecule has 1 saturated heterocycles. The zero-order valence-electron chi connectivity index (χ0n) is 17.0. The van der Waals surface area contributed by atoms with Crippen molar-refractivity contribution in [2.24, 2.45) is 0 Å². The number of anilines is 2. The van der Waals surface area contributed by atoms with E-state index in [2.05, 4.69) is 14.8 Å². The maximum absolute atomic E-state index is 13.7. The highest BCUT2D eigenvalue weighted by Crippen LogP contribution is 2.20. The fraction of sp³-hybridized carbons (Fsp3) is 0.250. The third kappa shape index (κ3) is 4.49. The van der Waals surface area contributed by atoms with E-state index in [4.69, 9.17) is 0 Å². The summed E-state index contributed by atoms with van der Waals surface area (Å²) >= 11 is 0. The number of pyridine rings is 1. The molecule has 1 aliphatic rings. The lowest BCUT2D eigenvalue weighted by atomic mass is 10.1. The number of aryl methyl sites for hydroxylation is 1. The summed E-state index contributed by atoms with van der Waals surface area (Å²) in [7, 11) is 0. The molecule has 1 fully saturated rings. The van der Waals surface area contributed by atoms with Gasteiger partial charge in [-0.2, -0.15) is 0 Å². The van der Waals surface area contributed by atoms with Crippen LogP contribution in [0, 0.1) is 12.7 Å². The van der Waals surface area contributed by atoms with E-state index in [0.29, 0.717) is 17.8 Å². The summed E-state index contributed by atoms with van der Waals surface area (Å²) in [5.41, 5.74) is 1.79. The Balaban J connectivity index is 1.50. The van der Waals surface area contributed by atoms with Gasteiger partial charge >= 0.3 is 0 Å². The Bertz CT molecular complexity index is 989. The van der Waals surface area contributed by atoms with Crippen LogP contribution in [0.5, 0.6) is 0 Å². The third-order valence-electron chi connectivity index (χ3n) is 5.40. The van der Waals surface area contributed by atoms with Crippen molar-refractivity contribution in [3.05, 3.63) is 89.9 Å². The van der Waals surface area contributed by atoms with Gasteiger partial charge in [0.05, 0.1) is 6.67 Å². The second-order valence-electron chi connectivity index (χ2n) is 7.47. The SMILES string of the molecule is Cc1cc(C(=O)N(CN2CCN(c3ccccn3)CC2)c2ccccc2)ccc1F. The van der Waals surface area contributed by atoms with Gasteiger partial charge in [0.1, 0.15) is 11.6 Å². The van der Waals surface area contributed by atoms with Gasteiger partial charge in [0.15, 0.2) is 0 Å². The maximum Gasteiger partial charge on any atom is 0.259 e. The lowest BCUT2D eigenvalue weighted by Crippen LogP contribution is -2.51. The number of benzene rings is 2. The Hall–Kier alpha value is -3.25. The molecule has 0 atom stereocenters. The minimum atomic E-state index is -0.302. The van der Waals surface area contributed by atoms with Crippen LogP contribution in [0.2, 0.25) is 0 Å². The molecule has 1 amide bonds. The summed E-state index contributed by atoms with van der Waals surface area (Å²) in [4.78, 5) is 24.0. The Morgan fingerprint density at radius 2 is 1.73 bits per heavy atom. The van der Waals surface area contributed by atoms with Crippen LogP contribution in [0.15, 0.2) is 72.9 Å². The fourth-order valence-electron chi connectivity index (χ4n) is 3.66. The number of aromatic nitrogens is 1. The number of para-hydroxylation sites is 1. The van der Waals surface area contributed by atoms with Gasteiger partial charge in [-0.1, -0.05) is 24.3 Å². The van der Waals surface area contributed by atoms with Gasteiger partial charge < -0.3 is 4.90 Å². The van der Waals surface area contributed by atoms with Gasteiger partial charge in [-0.25, -0.2) is 9.37 Å². The first kappa shape index (κ1) is 20.0. The van der Waals surface area contributed by atoms with E-state index >= 15 is 0 Å². The number of carbonyl (C=O) groups is 1. The molecule has 6 heteroatoms. The van der Waals surface area contributed by atoms with Crippen molar-refractivity contribution in [3.8, 4) is 0 Å². The van der Waals surface area contributed by atoms with E-state index < -0.39 is 0 Å². The van der Waals surface area contributed by atoms with Crippen LogP contribution in [-0.2, 0) is 0 Å². The predicted octanol–water partition coefficient (Wildman–Crippen LogP) is 3.96. The van der Waals surface area contributed by atoms with E-state index in [1.807, 2.05) is 54.7 Å². The van der Waals surface area contributed by atoms with Gasteiger partial charge in [0, 0.05) is 43.6 Å². The van der Waals surface area contributed by atoms with E-state index in [-0.39, 0.29) is 11.7 Å². The summed E-state index contributed by atoms with van der Waals surface area (Å²) in [5.74, 6) is 0.551. The topological polar surface area (TPSA) is 39.7 Å². The van der Waals surface area contributed by atoms with Crippen molar-refractivity contribution in [1.29, 1.82) is 0 Å². The molecule has 30 heavy (non-hydrogen) atoms. The highest BCUT2D eigenvalue weighted by atomic mass is 19.1. The molecule has 1 aromatic heterocycles. The number of nitrogens with zero attached hydrogens (tertiary/aromatic N) is 4. The van der Waals surface area contributed by atoms with Crippen molar-refractivity contribution in [3.63, 3.8) is 0 Å². The molecule has 2 aromatic carbocycles. The summed E-state index contributed by atoms with van der Waals surface area (Å²) in [6, 6.07) is 20.1. The van der Waals surface area contributed by atoms with Gasteiger partial charge in [0.25, 0.3) is 5.91 Å². The molecular formula is C24H25FN4O. The van der Waals surface area contributed by atoms with Crippen molar-refractivity contribution in [2.75, 3.05) is 42.6 Å². The van der Waals surface area contributed by atoms with Crippen LogP contribution in [-0.4, -0.2) is 48.6 Å². The van der Waals surface area contributed by atoms with Crippen molar-refractivity contribution in [1.82, 2.24) is 9.88 Å². The molecule has 0 N–H and O–H groups in total. The first-order valence-corrected chi connectivity index (χ1v) is 10.1. The number of amides is 1. The van der Waals surface area contributed by atoms with Crippen molar-refractivity contribution < 1.29 is 9.18 Å². The lowest BCUT2D eigenvalue weighted by Gasteiger charge is -2.38. The highest BCUT2D eigenvalue weighted by Gasteiger charge is 2.24. The summed E-state index contributed by atoms with van der Waals surface area (Å²) in [5, 5.41) is 0. The Labute approximate surface area is 176 Å². The number of hydrogen-bond acceptors (Lipinski definition) is 4. The summed E-state index contributed by atoms with van der Waals surface area (Å²) in [6.07, 6.45) is 1.81. The molecular weight excluding hydrogens is 379 g/mol. The molecule has 154 valence electrons. The fourth-order valence-corrected chi connectivity index (χ4v) is 3.66. The van der Waals surface area contributed by atoms with Crippen LogP contribution in [0.4, 0.5) is 15.9 Å². The molecule has 4 rings (SSSR count). The van der Waals surface area contributed by atoms with Crippen LogP contribution >= 0.6 is 0 Å². The van der Waals surface area contributed by atoms with E-state index in [9.17, 15) is 9.18 Å². The monoisotopic (exact) mass is 404 g/mol. The summed E-state index contributed by atoms with van der Waals surface area (Å²) in [6.45, 7) is 5.52. The average molecular weight is 404 g/mol. The molecule has 0 unspecified atom stereocenters. The van der Waals surface area contributed by atoms with Gasteiger partial charge in [-0.05, 0) is 55.0 Å². The number of rotatable bonds is 5. The largest absolute Gasteiger partial charge is 0.354 e. The Morgan fingerprint density at radius 3 is 2.40 bits per heavy atom. The first-order chi connectivity index (χ1) is 14.6. The van der Waals surface area contributed by atoms with Crippen LogP contribution in [0.25, 0.3) is 0 Å². The Kier molecular flexibility index (Phi) is 6.05. The summed E-state index contributed by atoms with van der Waals surface area (Å²) < 4.78 is 13.7. The number of hydrogen-bond donors (Lipinski definition) is 0. The Morgan fingerprint density at radius 1 is 1.00 bits per heavy atom. The molecule has 0 aliphatic carbocycles. The standard InChI is InChI=1S/C24H25FN4O/c1-19-17-20(10-11-22(19)25)24(30)29(21-7-3-2-4-8-21)18-27-13-15-28(16-14-27)23-9-5-6-12-26-23/h2-12,17H,13-16,18H2,1H3. The minimum absolute atomic E-state index is 0.128. The van der Waals surface area contributed by atoms with E-state index in [0.717, 1.165) is 37.7 Å². The molecule has 3 aromatic rings. The molecule has 0 spiro atoms. The molecule has 0 bridgehead atoms. The van der Waals surface area contributed by atoms with Gasteiger partial charge in [-0.3, -0.25) is 14.6 Å². The predicted molar refractivity (Wildman–Crippen MR) is 117 cm³/mol. The molecule has 2 heterocycles. The highest BCUT2D eigenvalue weighted by molar-refractivity contribution is 6.06. The smallest absolute Gasteiger partial charge is 0.259 e. The number of piperazine rings is 1. The second kappa shape index (κ2) is 9.05. The average Bonchev–Trinajstić information content (AvgIpc) is 2.80. The zero-order valence-corrected chi connectivity index (χ0v) is 17.0. The lowest BCUT2D eigenvalue weighted by molar-refractivity contribution is 0.0965. The second-order valence-corrected chi connectivity index (χ2v) is 7.47. The van der Waals surface area contributed by atoms with Gasteiger partial charge in [0.2, 0.25) is 0 Å². The maximum atomic E-state index is 13.7. The van der Waals surface area contributed by atoms with Gasteiger partial charge in [-0.15, -0.1) is 0 Å². The molecule has 5 nitrogen and oxygen atoms in total. The van der Waals surface area contributed by atoms with Crippen LogP contribution in [0.1, 0.15) is 15.9 Å². The van der Waals surface area contributed by atoms with Crippen LogP contribution < -0.4 is 9.80 Å². The first-order valence-electron chi connectivity index (χ1n) is 10.1. The molecule has 0 saturated carbocycles. The number of halogens is 1. The number of carbonyl (C=O) groups excluding carboxylic acids is 1. The van der Waals surface area contributed by atoms with Crippen molar-refractivity contribution in [2.45, 2.75) is 6.92 Å². The normalized spacial score (nSPS) is 14.5. The third-order valence-corrected chi connectivity index (χ3v) is 5.40. The van der Waals surface area contributed by atoms with E-state index in [1.54, 1.807) is 24.0 Å². The molecule has 1 aliphatic heterocycles. The van der Waals surface area contributed by atoms with E-state index in [1.165, 1.54) is 6.07 Å². The minimum Gasteiger partial charge on any atom is -0.354 e. The molecule has 0 radical (unpaired) electrons. The zero-order chi connectivity index (χ0) is 20.9. The quantitative estimate of drug-likeness (QED) is 0.646. The van der Waals surface area contributed by atoms with Crippen LogP contribution in [0.3, 0.4) is 0 Å². The van der Waals surface area contributed by atoms with Crippen molar-refractivity contribution >= 4 is 17.4 Å².